The first-order valence-electron chi connectivity index (χ1n) is 17.4. The van der Waals surface area contributed by atoms with E-state index >= 15 is 4.39 Å². The molecule has 48 heavy (non-hydrogen) atoms. The van der Waals surface area contributed by atoms with Crippen LogP contribution in [-0.4, -0.2) is 41.9 Å². The minimum atomic E-state index is -0.411. The Kier molecular flexibility index (Phi) is 9.78. The number of allylic oxidation sites excluding steroid dienone is 1. The van der Waals surface area contributed by atoms with Crippen LogP contribution in [0.15, 0.2) is 66.4 Å². The molecule has 1 saturated carbocycles. The van der Waals surface area contributed by atoms with Crippen LogP contribution in [-0.2, 0) is 23.2 Å². The van der Waals surface area contributed by atoms with Crippen molar-refractivity contribution >= 4 is 35.1 Å². The third kappa shape index (κ3) is 6.73. The smallest absolute Gasteiger partial charge is 0.261 e. The van der Waals surface area contributed by atoms with E-state index in [1.165, 1.54) is 17.5 Å². The number of ether oxygens (including phenoxy) is 2. The number of rotatable bonds is 3. The molecule has 254 valence electrons. The molecule has 5 unspecified atom stereocenters. The van der Waals surface area contributed by atoms with Crippen molar-refractivity contribution in [2.24, 2.45) is 17.8 Å². The van der Waals surface area contributed by atoms with E-state index in [0.29, 0.717) is 55.1 Å². The largest absolute Gasteiger partial charge is 0.490 e. The number of pyridine rings is 1. The van der Waals surface area contributed by atoms with Gasteiger partial charge in [-0.2, -0.15) is 0 Å². The van der Waals surface area contributed by atoms with Crippen LogP contribution in [0.1, 0.15) is 80.1 Å². The van der Waals surface area contributed by atoms with Gasteiger partial charge in [0.1, 0.15) is 11.6 Å². The normalized spacial score (nSPS) is 30.1. The summed E-state index contributed by atoms with van der Waals surface area (Å²) >= 11 is 7.76. The summed E-state index contributed by atoms with van der Waals surface area (Å²) in [7, 11) is 0. The van der Waals surface area contributed by atoms with Crippen LogP contribution < -0.4 is 14.4 Å². The Morgan fingerprint density at radius 1 is 1.19 bits per heavy atom. The van der Waals surface area contributed by atoms with Crippen LogP contribution in [0.3, 0.4) is 0 Å². The summed E-state index contributed by atoms with van der Waals surface area (Å²) < 4.78 is 32.0. The fourth-order valence-corrected chi connectivity index (χ4v) is 9.44. The monoisotopic (exact) mass is 689 g/mol. The number of fused-ring (bicyclic) bond motifs is 4. The predicted octanol–water partition coefficient (Wildman–Crippen LogP) is 8.71. The van der Waals surface area contributed by atoms with Crippen molar-refractivity contribution < 1.29 is 18.7 Å². The zero-order chi connectivity index (χ0) is 33.4. The minimum Gasteiger partial charge on any atom is -0.490 e. The molecule has 1 amide bonds. The average molecular weight is 690 g/mol. The topological polar surface area (TPSA) is 63.7 Å². The number of benzene rings is 2. The summed E-state index contributed by atoms with van der Waals surface area (Å²) in [5, 5.41) is 0.398. The lowest BCUT2D eigenvalue weighted by Crippen LogP contribution is -2.50. The summed E-state index contributed by atoms with van der Waals surface area (Å²) in [6.07, 6.45) is 9.68. The number of nitrogens with one attached hydrogen (secondary N) is 1. The summed E-state index contributed by atoms with van der Waals surface area (Å²) in [5.74, 6) is 1.37. The second-order valence-electron chi connectivity index (χ2n) is 14.4. The maximum atomic E-state index is 15.4. The van der Waals surface area contributed by atoms with Crippen molar-refractivity contribution in [2.75, 3.05) is 24.6 Å². The first-order valence-corrected chi connectivity index (χ1v) is 18.6. The summed E-state index contributed by atoms with van der Waals surface area (Å²) in [5.41, 5.74) is 5.01. The van der Waals surface area contributed by atoms with Crippen LogP contribution in [0.2, 0.25) is 5.02 Å². The number of nitrogens with zero attached hydrogens (tertiary/aromatic N) is 2. The van der Waals surface area contributed by atoms with Crippen molar-refractivity contribution in [3.05, 3.63) is 99.6 Å². The molecule has 0 saturated heterocycles. The number of hydrogen-bond donors (Lipinski definition) is 1. The van der Waals surface area contributed by atoms with E-state index in [9.17, 15) is 4.79 Å². The van der Waals surface area contributed by atoms with Gasteiger partial charge in [0, 0.05) is 35.5 Å². The van der Waals surface area contributed by atoms with Crippen LogP contribution in [0, 0.1) is 23.6 Å². The van der Waals surface area contributed by atoms with E-state index in [4.69, 9.17) is 21.1 Å². The van der Waals surface area contributed by atoms with Gasteiger partial charge in [-0.05, 0) is 128 Å². The Balaban J connectivity index is 1.27. The first-order chi connectivity index (χ1) is 23.2. The van der Waals surface area contributed by atoms with Gasteiger partial charge in [-0.15, -0.1) is 0 Å². The van der Waals surface area contributed by atoms with E-state index in [2.05, 4.69) is 41.5 Å². The van der Waals surface area contributed by atoms with E-state index in [0.717, 1.165) is 61.3 Å². The molecule has 4 aliphatic rings. The molecule has 2 aliphatic carbocycles. The Labute approximate surface area is 293 Å². The molecule has 1 aromatic heterocycles. The van der Waals surface area contributed by atoms with Gasteiger partial charge in [-0.25, -0.2) is 4.39 Å². The lowest BCUT2D eigenvalue weighted by atomic mass is 9.67. The highest BCUT2D eigenvalue weighted by Crippen LogP contribution is 2.48. The Morgan fingerprint density at radius 2 is 2.06 bits per heavy atom. The summed E-state index contributed by atoms with van der Waals surface area (Å²) in [6, 6.07) is 15.4. The Bertz CT molecular complexity index is 1690. The van der Waals surface area contributed by atoms with Crippen LogP contribution in [0.4, 0.5) is 10.1 Å². The molecule has 1 fully saturated rings. The number of halogens is 2. The highest BCUT2D eigenvalue weighted by Gasteiger charge is 2.45. The Hall–Kier alpha value is -3.07. The zero-order valence-corrected chi connectivity index (χ0v) is 29.6. The molecule has 1 N–H and O–H groups in total. The van der Waals surface area contributed by atoms with Crippen LogP contribution >= 0.6 is 23.5 Å². The van der Waals surface area contributed by atoms with Gasteiger partial charge in [0.15, 0.2) is 0 Å². The van der Waals surface area contributed by atoms with Gasteiger partial charge in [-0.3, -0.25) is 14.5 Å². The standard InChI is InChI=1S/C39H45ClFN3O3S/c1-24-17-25(2)37(46-21-29-7-4-5-16-42-29)30-11-9-28(30)20-44-22-39(15-6-8-31-32(39)12-13-33(40)36(31)41)23-47-35-14-10-27(19-34(35)44)38(45)43-48-26(3)18-24/h4-5,7,10,12-14,16-17,19,24,26,28,30,37H,6,8-9,11,15,18,20-23H2,1-3H3,(H,43,45)/b25-17+/t24?,26?,28-,30?,37?,39?/m0/s1. The van der Waals surface area contributed by atoms with E-state index < -0.39 is 5.41 Å². The molecule has 3 heterocycles. The van der Waals surface area contributed by atoms with Gasteiger partial charge in [0.25, 0.3) is 5.91 Å². The van der Waals surface area contributed by atoms with Crippen molar-refractivity contribution in [3.8, 4) is 5.75 Å². The Morgan fingerprint density at radius 3 is 2.85 bits per heavy atom. The average Bonchev–Trinajstić information content (AvgIpc) is 3.22. The fraction of sp³-hybridized carbons (Fsp3) is 0.487. The lowest BCUT2D eigenvalue weighted by Gasteiger charge is -2.47. The summed E-state index contributed by atoms with van der Waals surface area (Å²) in [6.45, 7) is 8.98. The minimum absolute atomic E-state index is 0.0292. The number of anilines is 1. The van der Waals surface area contributed by atoms with Gasteiger partial charge >= 0.3 is 0 Å². The van der Waals surface area contributed by atoms with Gasteiger partial charge in [0.05, 0.1) is 35.7 Å². The van der Waals surface area contributed by atoms with Crippen LogP contribution in [0.5, 0.6) is 5.75 Å². The third-order valence-electron chi connectivity index (χ3n) is 10.9. The summed E-state index contributed by atoms with van der Waals surface area (Å²) in [4.78, 5) is 20.4. The lowest BCUT2D eigenvalue weighted by molar-refractivity contribution is -0.0304. The highest BCUT2D eigenvalue weighted by molar-refractivity contribution is 7.98. The van der Waals surface area contributed by atoms with Gasteiger partial charge in [-0.1, -0.05) is 43.7 Å². The van der Waals surface area contributed by atoms with Crippen molar-refractivity contribution in [1.82, 2.24) is 9.71 Å². The van der Waals surface area contributed by atoms with E-state index in [-0.39, 0.29) is 28.1 Å². The fourth-order valence-electron chi connectivity index (χ4n) is 8.44. The molecule has 2 bridgehead atoms. The molecule has 0 radical (unpaired) electrons. The molecule has 2 aliphatic heterocycles. The molecule has 1 spiro atoms. The van der Waals surface area contributed by atoms with E-state index in [1.54, 1.807) is 6.07 Å². The molecular weight excluding hydrogens is 645 g/mol. The molecule has 9 heteroatoms. The SMILES string of the molecule is C/C1=C\C(C)CC(C)SNC(=O)c2ccc3c(c2)N(C[C@@H]2CCC2C1OCc1ccccn1)CC1(CCCc2c1ccc(Cl)c2F)CO3. The van der Waals surface area contributed by atoms with Crippen LogP contribution in [0.25, 0.3) is 0 Å². The number of aromatic nitrogens is 1. The quantitative estimate of drug-likeness (QED) is 0.219. The van der Waals surface area contributed by atoms with Crippen molar-refractivity contribution in [3.63, 3.8) is 0 Å². The second-order valence-corrected chi connectivity index (χ2v) is 16.1. The molecule has 6 nitrogen and oxygen atoms in total. The van der Waals surface area contributed by atoms with Gasteiger partial charge < -0.3 is 14.4 Å². The second kappa shape index (κ2) is 14.0. The number of carbonyl (C=O) groups is 1. The van der Waals surface area contributed by atoms with Crippen molar-refractivity contribution in [2.45, 2.75) is 82.7 Å². The third-order valence-corrected chi connectivity index (χ3v) is 12.1. The predicted molar refractivity (Wildman–Crippen MR) is 191 cm³/mol. The number of amides is 1. The molecule has 2 aromatic carbocycles. The maximum absolute atomic E-state index is 15.4. The first kappa shape index (κ1) is 33.4. The molecule has 3 aromatic rings. The van der Waals surface area contributed by atoms with E-state index in [1.807, 2.05) is 48.7 Å². The molecular formula is C39H45ClFN3O3S. The maximum Gasteiger partial charge on any atom is 0.261 e. The zero-order valence-electron chi connectivity index (χ0n) is 28.0. The van der Waals surface area contributed by atoms with Crippen molar-refractivity contribution in [1.29, 1.82) is 0 Å². The molecule has 7 rings (SSSR count). The number of hydrogen-bond acceptors (Lipinski definition) is 6. The highest BCUT2D eigenvalue weighted by atomic mass is 35.5. The number of carbonyl (C=O) groups excluding carboxylic acids is 1. The van der Waals surface area contributed by atoms with Gasteiger partial charge in [0.2, 0.25) is 0 Å². The molecule has 6 atom stereocenters.